The van der Waals surface area contributed by atoms with Gasteiger partial charge in [-0.1, -0.05) is 34.1 Å². The lowest BCUT2D eigenvalue weighted by Gasteiger charge is -2.44. The Morgan fingerprint density at radius 2 is 1.83 bits per heavy atom. The van der Waals surface area contributed by atoms with E-state index >= 15 is 0 Å². The van der Waals surface area contributed by atoms with E-state index in [1.165, 1.54) is 32.1 Å². The van der Waals surface area contributed by atoms with Gasteiger partial charge in [-0.05, 0) is 54.8 Å². The first kappa shape index (κ1) is 12.7. The van der Waals surface area contributed by atoms with E-state index in [-0.39, 0.29) is 0 Å². The Balaban J connectivity index is 1.89. The van der Waals surface area contributed by atoms with Crippen molar-refractivity contribution < 1.29 is 4.79 Å². The second-order valence-electron chi connectivity index (χ2n) is 8.06. The van der Waals surface area contributed by atoms with Gasteiger partial charge in [-0.2, -0.15) is 0 Å². The lowest BCUT2D eigenvalue weighted by molar-refractivity contribution is -0.133. The summed E-state index contributed by atoms with van der Waals surface area (Å²) in [5.41, 5.74) is 0.883. The number of ketones is 1. The third kappa shape index (κ3) is 1.42. The molecule has 0 amide bonds. The van der Waals surface area contributed by atoms with Gasteiger partial charge in [-0.15, -0.1) is 0 Å². The van der Waals surface area contributed by atoms with E-state index in [1.807, 2.05) is 0 Å². The third-order valence-corrected chi connectivity index (χ3v) is 7.35. The number of rotatable bonds is 1. The fourth-order valence-electron chi connectivity index (χ4n) is 5.57. The first-order chi connectivity index (χ1) is 8.38. The number of carbonyl (C=O) groups is 1. The zero-order chi connectivity index (χ0) is 13.1. The standard InChI is InChI=1S/C17H28O/c1-11-6-5-7-13(15(11)18)14-10-12-8-9-17(14,4)16(12,2)3/h11-14H,5-10H2,1-4H3/t11?,12-,13?,14+,17+/m1/s1. The zero-order valence-corrected chi connectivity index (χ0v) is 12.5. The van der Waals surface area contributed by atoms with Crippen LogP contribution in [0.15, 0.2) is 0 Å². The summed E-state index contributed by atoms with van der Waals surface area (Å²) in [5, 5.41) is 0. The van der Waals surface area contributed by atoms with Crippen molar-refractivity contribution in [1.29, 1.82) is 0 Å². The van der Waals surface area contributed by atoms with Crippen molar-refractivity contribution in [3.05, 3.63) is 0 Å². The number of carbonyl (C=O) groups excluding carboxylic acids is 1. The molecule has 2 unspecified atom stereocenters. The van der Waals surface area contributed by atoms with E-state index in [9.17, 15) is 4.79 Å². The van der Waals surface area contributed by atoms with Gasteiger partial charge in [0.1, 0.15) is 5.78 Å². The van der Waals surface area contributed by atoms with Gasteiger partial charge < -0.3 is 0 Å². The minimum Gasteiger partial charge on any atom is -0.299 e. The van der Waals surface area contributed by atoms with Crippen LogP contribution in [0.1, 0.15) is 66.2 Å². The Labute approximate surface area is 112 Å². The molecule has 1 heteroatoms. The molecule has 0 N–H and O–H groups in total. The van der Waals surface area contributed by atoms with Crippen LogP contribution in [0.2, 0.25) is 0 Å². The number of Topliss-reactive ketones (excluding diaryl/α,β-unsaturated/α-hetero) is 1. The fourth-order valence-corrected chi connectivity index (χ4v) is 5.57. The summed E-state index contributed by atoms with van der Waals surface area (Å²) >= 11 is 0. The molecule has 0 heterocycles. The van der Waals surface area contributed by atoms with E-state index in [2.05, 4.69) is 27.7 Å². The highest BCUT2D eigenvalue weighted by atomic mass is 16.1. The Bertz CT molecular complexity index is 370. The molecular weight excluding hydrogens is 220 g/mol. The maximum absolute atomic E-state index is 12.5. The van der Waals surface area contributed by atoms with Crippen LogP contribution in [-0.4, -0.2) is 5.78 Å². The summed E-state index contributed by atoms with van der Waals surface area (Å²) in [4.78, 5) is 12.5. The normalized spacial score (nSPS) is 50.8. The van der Waals surface area contributed by atoms with Crippen molar-refractivity contribution in [3.8, 4) is 0 Å². The predicted octanol–water partition coefficient (Wildman–Crippen LogP) is 4.45. The fraction of sp³-hybridized carbons (Fsp3) is 0.941. The molecule has 0 aromatic heterocycles. The Morgan fingerprint density at radius 1 is 1.11 bits per heavy atom. The van der Waals surface area contributed by atoms with Crippen LogP contribution in [0.25, 0.3) is 0 Å². The smallest absolute Gasteiger partial charge is 0.139 e. The Kier molecular flexibility index (Phi) is 2.70. The molecule has 0 aliphatic heterocycles. The minimum absolute atomic E-state index is 0.328. The van der Waals surface area contributed by atoms with E-state index < -0.39 is 0 Å². The van der Waals surface area contributed by atoms with Crippen LogP contribution in [0.3, 0.4) is 0 Å². The molecule has 102 valence electrons. The van der Waals surface area contributed by atoms with Crippen LogP contribution in [0.5, 0.6) is 0 Å². The van der Waals surface area contributed by atoms with Gasteiger partial charge in [0, 0.05) is 11.8 Å². The van der Waals surface area contributed by atoms with E-state index in [0.29, 0.717) is 34.4 Å². The van der Waals surface area contributed by atoms with Gasteiger partial charge >= 0.3 is 0 Å². The summed E-state index contributed by atoms with van der Waals surface area (Å²) < 4.78 is 0. The van der Waals surface area contributed by atoms with Crippen LogP contribution < -0.4 is 0 Å². The van der Waals surface area contributed by atoms with Crippen LogP contribution in [0.4, 0.5) is 0 Å². The molecule has 0 spiro atoms. The van der Waals surface area contributed by atoms with Crippen molar-refractivity contribution in [3.63, 3.8) is 0 Å². The highest BCUT2D eigenvalue weighted by molar-refractivity contribution is 5.84. The second kappa shape index (κ2) is 3.84. The molecule has 0 radical (unpaired) electrons. The minimum atomic E-state index is 0.328. The molecule has 2 bridgehead atoms. The van der Waals surface area contributed by atoms with Gasteiger partial charge in [-0.25, -0.2) is 0 Å². The lowest BCUT2D eigenvalue weighted by atomic mass is 9.60. The summed E-state index contributed by atoms with van der Waals surface area (Å²) in [5.74, 6) is 2.87. The molecule has 3 fully saturated rings. The van der Waals surface area contributed by atoms with Gasteiger partial charge in [0.15, 0.2) is 0 Å². The average molecular weight is 248 g/mol. The molecule has 3 aliphatic rings. The number of hydrogen-bond donors (Lipinski definition) is 0. The van der Waals surface area contributed by atoms with Crippen molar-refractivity contribution in [2.45, 2.75) is 66.2 Å². The molecule has 3 rings (SSSR count). The first-order valence-corrected chi connectivity index (χ1v) is 7.91. The third-order valence-electron chi connectivity index (χ3n) is 7.35. The van der Waals surface area contributed by atoms with Crippen molar-refractivity contribution >= 4 is 5.78 Å². The van der Waals surface area contributed by atoms with Crippen molar-refractivity contribution in [2.75, 3.05) is 0 Å². The highest BCUT2D eigenvalue weighted by Gasteiger charge is 2.63. The SMILES string of the molecule is CC1CCCC([C@@H]2C[C@H]3CC[C@]2(C)C3(C)C)C1=O. The quantitative estimate of drug-likeness (QED) is 0.670. The topological polar surface area (TPSA) is 17.1 Å². The molecule has 3 saturated carbocycles. The molecule has 18 heavy (non-hydrogen) atoms. The Hall–Kier alpha value is -0.330. The van der Waals surface area contributed by atoms with Gasteiger partial charge in [0.2, 0.25) is 0 Å². The summed E-state index contributed by atoms with van der Waals surface area (Å²) in [6, 6.07) is 0. The zero-order valence-electron chi connectivity index (χ0n) is 12.5. The first-order valence-electron chi connectivity index (χ1n) is 7.91. The molecule has 1 nitrogen and oxygen atoms in total. The van der Waals surface area contributed by atoms with Crippen molar-refractivity contribution in [1.82, 2.24) is 0 Å². The molecule has 5 atom stereocenters. The average Bonchev–Trinajstić information content (AvgIpc) is 2.65. The molecule has 0 aromatic rings. The van der Waals surface area contributed by atoms with Crippen LogP contribution in [0, 0.1) is 34.5 Å². The molecule has 0 aromatic carbocycles. The Morgan fingerprint density at radius 3 is 2.39 bits per heavy atom. The summed E-state index contributed by atoms with van der Waals surface area (Å²) in [7, 11) is 0. The van der Waals surface area contributed by atoms with E-state index in [1.54, 1.807) is 0 Å². The predicted molar refractivity (Wildman–Crippen MR) is 74.2 cm³/mol. The maximum atomic E-state index is 12.5. The summed E-state index contributed by atoms with van der Waals surface area (Å²) in [6.45, 7) is 9.55. The maximum Gasteiger partial charge on any atom is 0.139 e. The molecular formula is C17H28O. The highest BCUT2D eigenvalue weighted by Crippen LogP contribution is 2.70. The second-order valence-corrected chi connectivity index (χ2v) is 8.06. The van der Waals surface area contributed by atoms with E-state index in [4.69, 9.17) is 0 Å². The number of fused-ring (bicyclic) bond motifs is 2. The van der Waals surface area contributed by atoms with E-state index in [0.717, 1.165) is 12.3 Å². The number of hydrogen-bond acceptors (Lipinski definition) is 1. The van der Waals surface area contributed by atoms with Gasteiger partial charge in [0.25, 0.3) is 0 Å². The summed E-state index contributed by atoms with van der Waals surface area (Å²) in [6.07, 6.45) is 7.66. The molecule has 3 aliphatic carbocycles. The van der Waals surface area contributed by atoms with Crippen LogP contribution >= 0.6 is 0 Å². The van der Waals surface area contributed by atoms with Gasteiger partial charge in [-0.3, -0.25) is 4.79 Å². The lowest BCUT2D eigenvalue weighted by Crippen LogP contribution is -2.41. The molecule has 0 saturated heterocycles. The van der Waals surface area contributed by atoms with Crippen molar-refractivity contribution in [2.24, 2.45) is 34.5 Å². The van der Waals surface area contributed by atoms with Crippen LogP contribution in [-0.2, 0) is 4.79 Å². The van der Waals surface area contributed by atoms with Gasteiger partial charge in [0.05, 0.1) is 0 Å². The monoisotopic (exact) mass is 248 g/mol. The largest absolute Gasteiger partial charge is 0.299 e.